The summed E-state index contributed by atoms with van der Waals surface area (Å²) in [4.78, 5) is 14.3. The highest BCUT2D eigenvalue weighted by Crippen LogP contribution is 2.06. The molecule has 90 valence electrons. The Morgan fingerprint density at radius 1 is 1.38 bits per heavy atom. The van der Waals surface area contributed by atoms with E-state index in [4.69, 9.17) is 28.4 Å². The van der Waals surface area contributed by atoms with Crippen molar-refractivity contribution in [3.63, 3.8) is 0 Å². The molecule has 0 bridgehead atoms. The Hall–Kier alpha value is -1.71. The molecular formula is C7H10N2O6S. The summed E-state index contributed by atoms with van der Waals surface area (Å²) in [6, 6.07) is 2.80. The Morgan fingerprint density at radius 2 is 1.81 bits per heavy atom. The van der Waals surface area contributed by atoms with Crippen molar-refractivity contribution < 1.29 is 27.4 Å². The average Bonchev–Trinajstić information content (AvgIpc) is 1.98. The Bertz CT molecular complexity index is 455. The summed E-state index contributed by atoms with van der Waals surface area (Å²) in [7, 11) is -4.67. The van der Waals surface area contributed by atoms with Gasteiger partial charge in [-0.15, -0.1) is 0 Å². The minimum absolute atomic E-state index is 0.176. The molecule has 0 atom stereocenters. The van der Waals surface area contributed by atoms with Crippen molar-refractivity contribution >= 4 is 22.2 Å². The van der Waals surface area contributed by atoms with Gasteiger partial charge in [-0.2, -0.15) is 8.42 Å². The van der Waals surface area contributed by atoms with E-state index in [-0.39, 0.29) is 11.4 Å². The third-order valence-electron chi connectivity index (χ3n) is 1.22. The van der Waals surface area contributed by atoms with Crippen LogP contribution in [0.3, 0.4) is 0 Å². The minimum atomic E-state index is -4.67. The number of carboxylic acids is 1. The maximum atomic E-state index is 10.4. The first kappa shape index (κ1) is 14.3. The van der Waals surface area contributed by atoms with E-state index < -0.39 is 16.4 Å². The summed E-state index contributed by atoms with van der Waals surface area (Å²) in [6.45, 7) is 1.70. The third kappa shape index (κ3) is 7.67. The van der Waals surface area contributed by atoms with Crippen LogP contribution in [0.4, 0.5) is 5.82 Å². The fourth-order valence-electron chi connectivity index (χ4n) is 0.818. The molecule has 0 aliphatic heterocycles. The SMILES string of the molecule is Cc1cc(C(=O)O)cc(N)n1.O=S(=O)(O)O. The van der Waals surface area contributed by atoms with Gasteiger partial charge in [-0.25, -0.2) is 9.78 Å². The molecule has 0 saturated heterocycles. The second-order valence-corrected chi connectivity index (χ2v) is 3.57. The van der Waals surface area contributed by atoms with Gasteiger partial charge >= 0.3 is 16.4 Å². The number of nitrogens with zero attached hydrogens (tertiary/aromatic N) is 1. The summed E-state index contributed by atoms with van der Waals surface area (Å²) in [5, 5.41) is 8.55. The van der Waals surface area contributed by atoms with E-state index in [2.05, 4.69) is 4.98 Å². The highest BCUT2D eigenvalue weighted by atomic mass is 32.3. The van der Waals surface area contributed by atoms with Crippen LogP contribution in [0.1, 0.15) is 16.1 Å². The zero-order chi connectivity index (χ0) is 12.9. The van der Waals surface area contributed by atoms with Crippen LogP contribution in [0.15, 0.2) is 12.1 Å². The van der Waals surface area contributed by atoms with Gasteiger partial charge < -0.3 is 10.8 Å². The number of aromatic carboxylic acids is 1. The fraction of sp³-hybridized carbons (Fsp3) is 0.143. The lowest BCUT2D eigenvalue weighted by Gasteiger charge is -1.97. The van der Waals surface area contributed by atoms with Crippen LogP contribution in [-0.4, -0.2) is 33.6 Å². The summed E-state index contributed by atoms with van der Waals surface area (Å²) >= 11 is 0. The Morgan fingerprint density at radius 3 is 2.12 bits per heavy atom. The molecule has 0 fully saturated rings. The topological polar surface area (TPSA) is 151 Å². The van der Waals surface area contributed by atoms with Gasteiger partial charge in [0.25, 0.3) is 0 Å². The second-order valence-electron chi connectivity index (χ2n) is 2.68. The number of aryl methyl sites for hydroxylation is 1. The molecule has 0 spiro atoms. The third-order valence-corrected chi connectivity index (χ3v) is 1.22. The Kier molecular flexibility index (Phi) is 4.82. The maximum absolute atomic E-state index is 10.4. The largest absolute Gasteiger partial charge is 0.478 e. The molecule has 16 heavy (non-hydrogen) atoms. The van der Waals surface area contributed by atoms with E-state index in [9.17, 15) is 4.79 Å². The zero-order valence-electron chi connectivity index (χ0n) is 8.15. The predicted octanol–water partition coefficient (Wildman–Crippen LogP) is 0.0176. The van der Waals surface area contributed by atoms with Crippen LogP contribution in [0.2, 0.25) is 0 Å². The smallest absolute Gasteiger partial charge is 0.394 e. The molecule has 0 aliphatic carbocycles. The molecule has 1 rings (SSSR count). The highest BCUT2D eigenvalue weighted by molar-refractivity contribution is 7.79. The van der Waals surface area contributed by atoms with Crippen molar-refractivity contribution in [3.8, 4) is 0 Å². The predicted molar refractivity (Wildman–Crippen MR) is 54.5 cm³/mol. The lowest BCUT2D eigenvalue weighted by Crippen LogP contribution is -2.00. The number of nitrogen functional groups attached to an aromatic ring is 1. The van der Waals surface area contributed by atoms with Gasteiger partial charge in [0.05, 0.1) is 5.56 Å². The van der Waals surface area contributed by atoms with E-state index in [1.54, 1.807) is 6.92 Å². The van der Waals surface area contributed by atoms with Crippen molar-refractivity contribution in [1.29, 1.82) is 0 Å². The van der Waals surface area contributed by atoms with Gasteiger partial charge in [0.15, 0.2) is 0 Å². The molecule has 0 aliphatic rings. The van der Waals surface area contributed by atoms with Gasteiger partial charge in [-0.05, 0) is 19.1 Å². The standard InChI is InChI=1S/C7H8N2O2.H2O4S/c1-4-2-5(7(10)11)3-6(8)9-4;1-5(2,3)4/h2-3H,1H3,(H2,8,9)(H,10,11);(H2,1,2,3,4). The molecule has 5 N–H and O–H groups in total. The van der Waals surface area contributed by atoms with E-state index in [0.717, 1.165) is 0 Å². The molecule has 0 radical (unpaired) electrons. The van der Waals surface area contributed by atoms with Crippen LogP contribution in [0.25, 0.3) is 0 Å². The summed E-state index contributed by atoms with van der Waals surface area (Å²) in [6.07, 6.45) is 0. The van der Waals surface area contributed by atoms with Crippen LogP contribution in [0, 0.1) is 6.92 Å². The molecule has 1 aromatic heterocycles. The number of hydrogen-bond donors (Lipinski definition) is 4. The molecule has 0 unspecified atom stereocenters. The number of pyridine rings is 1. The number of carbonyl (C=O) groups is 1. The number of rotatable bonds is 1. The summed E-state index contributed by atoms with van der Waals surface area (Å²) in [5.74, 6) is -0.746. The number of aromatic nitrogens is 1. The maximum Gasteiger partial charge on any atom is 0.394 e. The van der Waals surface area contributed by atoms with E-state index in [1.165, 1.54) is 12.1 Å². The Balaban J connectivity index is 0.000000385. The number of nitrogens with two attached hydrogens (primary N) is 1. The van der Waals surface area contributed by atoms with Gasteiger partial charge in [0, 0.05) is 5.69 Å². The monoisotopic (exact) mass is 250 g/mol. The van der Waals surface area contributed by atoms with Crippen LogP contribution < -0.4 is 5.73 Å². The van der Waals surface area contributed by atoms with Crippen molar-refractivity contribution in [1.82, 2.24) is 4.98 Å². The number of hydrogen-bond acceptors (Lipinski definition) is 5. The van der Waals surface area contributed by atoms with E-state index in [0.29, 0.717) is 5.69 Å². The summed E-state index contributed by atoms with van der Waals surface area (Å²) < 4.78 is 31.6. The quantitative estimate of drug-likeness (QED) is 0.509. The average molecular weight is 250 g/mol. The molecule has 1 aromatic rings. The molecule has 0 aromatic carbocycles. The molecule has 8 nitrogen and oxygen atoms in total. The van der Waals surface area contributed by atoms with Crippen LogP contribution in [0.5, 0.6) is 0 Å². The first-order chi connectivity index (χ1) is 7.09. The van der Waals surface area contributed by atoms with Crippen molar-refractivity contribution in [2.75, 3.05) is 5.73 Å². The van der Waals surface area contributed by atoms with Gasteiger partial charge in [-0.3, -0.25) is 9.11 Å². The van der Waals surface area contributed by atoms with Crippen molar-refractivity contribution in [3.05, 3.63) is 23.4 Å². The Labute approximate surface area is 91.3 Å². The molecule has 0 amide bonds. The van der Waals surface area contributed by atoms with Gasteiger partial charge in [-0.1, -0.05) is 0 Å². The fourth-order valence-corrected chi connectivity index (χ4v) is 0.818. The molecule has 9 heteroatoms. The number of carboxylic acid groups (broad SMARTS) is 1. The van der Waals surface area contributed by atoms with Gasteiger partial charge in [0.2, 0.25) is 0 Å². The number of anilines is 1. The van der Waals surface area contributed by atoms with E-state index in [1.807, 2.05) is 0 Å². The second kappa shape index (κ2) is 5.39. The first-order valence-corrected chi connectivity index (χ1v) is 5.16. The normalized spacial score (nSPS) is 10.2. The highest BCUT2D eigenvalue weighted by Gasteiger charge is 2.03. The summed E-state index contributed by atoms with van der Waals surface area (Å²) in [5.41, 5.74) is 6.11. The minimum Gasteiger partial charge on any atom is -0.478 e. The molecule has 0 saturated carbocycles. The van der Waals surface area contributed by atoms with E-state index >= 15 is 0 Å². The van der Waals surface area contributed by atoms with Crippen LogP contribution in [-0.2, 0) is 10.4 Å². The first-order valence-electron chi connectivity index (χ1n) is 3.77. The van der Waals surface area contributed by atoms with Crippen molar-refractivity contribution in [2.24, 2.45) is 0 Å². The molecular weight excluding hydrogens is 240 g/mol. The molecule has 1 heterocycles. The van der Waals surface area contributed by atoms with Crippen molar-refractivity contribution in [2.45, 2.75) is 6.92 Å². The lowest BCUT2D eigenvalue weighted by atomic mass is 10.2. The van der Waals surface area contributed by atoms with Gasteiger partial charge in [0.1, 0.15) is 5.82 Å². The zero-order valence-corrected chi connectivity index (χ0v) is 8.97. The van der Waals surface area contributed by atoms with Crippen LogP contribution >= 0.6 is 0 Å². The lowest BCUT2D eigenvalue weighted by molar-refractivity contribution is 0.0696.